The molecule has 1 atom stereocenters. The molecule has 0 aromatic heterocycles. The highest BCUT2D eigenvalue weighted by Crippen LogP contribution is 2.52. The van der Waals surface area contributed by atoms with E-state index in [1.807, 2.05) is 36.4 Å². The van der Waals surface area contributed by atoms with Crippen LogP contribution in [0.1, 0.15) is 37.5 Å². The highest BCUT2D eigenvalue weighted by atomic mass is 16.7. The van der Waals surface area contributed by atoms with E-state index in [0.29, 0.717) is 25.7 Å². The second-order valence-electron chi connectivity index (χ2n) is 6.08. The number of methoxy groups -OCH3 is 1. The van der Waals surface area contributed by atoms with Gasteiger partial charge in [0.25, 0.3) is 0 Å². The summed E-state index contributed by atoms with van der Waals surface area (Å²) in [5.74, 6) is 6.18. The first kappa shape index (κ1) is 18.9. The predicted molar refractivity (Wildman–Crippen MR) is 99.9 cm³/mol. The van der Waals surface area contributed by atoms with Crippen molar-refractivity contribution in [1.82, 2.24) is 0 Å². The number of hydrogen-bond donors (Lipinski definition) is 0. The number of benzene rings is 1. The molecule has 0 amide bonds. The van der Waals surface area contributed by atoms with Crippen molar-refractivity contribution in [2.24, 2.45) is 0 Å². The third kappa shape index (κ3) is 3.49. The van der Waals surface area contributed by atoms with Crippen LogP contribution >= 0.6 is 0 Å². The minimum absolute atomic E-state index is 0.353. The second-order valence-corrected chi connectivity index (χ2v) is 6.08. The number of hydrogen-bond acceptors (Lipinski definition) is 3. The SMILES string of the molecule is C#CCC1(CC#C)OC(c2ccc(OC)cc2)OC1(CC=C)CC=C. The average molecular weight is 336 g/mol. The normalized spacial score (nSPS) is 20.2. The summed E-state index contributed by atoms with van der Waals surface area (Å²) in [6.45, 7) is 7.74. The molecule has 2 rings (SSSR count). The van der Waals surface area contributed by atoms with Gasteiger partial charge in [-0.3, -0.25) is 0 Å². The molecular weight excluding hydrogens is 312 g/mol. The van der Waals surface area contributed by atoms with Crippen LogP contribution in [-0.4, -0.2) is 18.3 Å². The maximum Gasteiger partial charge on any atom is 0.185 e. The molecule has 25 heavy (non-hydrogen) atoms. The monoisotopic (exact) mass is 336 g/mol. The van der Waals surface area contributed by atoms with E-state index in [1.54, 1.807) is 7.11 Å². The Hall–Kier alpha value is -2.46. The summed E-state index contributed by atoms with van der Waals surface area (Å²) in [6, 6.07) is 7.57. The van der Waals surface area contributed by atoms with E-state index >= 15 is 0 Å². The van der Waals surface area contributed by atoms with E-state index in [0.717, 1.165) is 11.3 Å². The summed E-state index contributed by atoms with van der Waals surface area (Å²) in [4.78, 5) is 0. The Kier molecular flexibility index (Phi) is 6.10. The molecule has 0 radical (unpaired) electrons. The Morgan fingerprint density at radius 3 is 2.00 bits per heavy atom. The number of rotatable bonds is 8. The van der Waals surface area contributed by atoms with E-state index in [2.05, 4.69) is 25.0 Å². The van der Waals surface area contributed by atoms with E-state index in [9.17, 15) is 0 Å². The fraction of sp³-hybridized carbons (Fsp3) is 0.364. The molecule has 0 saturated carbocycles. The zero-order valence-corrected chi connectivity index (χ0v) is 14.7. The van der Waals surface area contributed by atoms with Crippen LogP contribution in [0.3, 0.4) is 0 Å². The molecule has 0 N–H and O–H groups in total. The van der Waals surface area contributed by atoms with Crippen molar-refractivity contribution in [3.63, 3.8) is 0 Å². The Balaban J connectivity index is 2.47. The van der Waals surface area contributed by atoms with E-state index < -0.39 is 17.5 Å². The van der Waals surface area contributed by atoms with Gasteiger partial charge in [-0.05, 0) is 25.0 Å². The van der Waals surface area contributed by atoms with Crippen molar-refractivity contribution in [3.05, 3.63) is 55.1 Å². The first-order chi connectivity index (χ1) is 12.1. The Labute approximate surface area is 150 Å². The standard InChI is InChI=1S/C22H24O3/c1-6-14-21(15-7-2)22(16-8-3,17-9-4)25-20(24-21)18-10-12-19(23-5)13-11-18/h1-2,8-13,20H,3-4,14-17H2,5H3. The molecule has 0 spiro atoms. The Morgan fingerprint density at radius 1 is 1.04 bits per heavy atom. The van der Waals surface area contributed by atoms with Crippen LogP contribution in [0.15, 0.2) is 49.6 Å². The van der Waals surface area contributed by atoms with Gasteiger partial charge in [0, 0.05) is 18.4 Å². The van der Waals surface area contributed by atoms with E-state index in [4.69, 9.17) is 27.1 Å². The summed E-state index contributed by atoms with van der Waals surface area (Å²) < 4.78 is 18.0. The molecular formula is C22H24O3. The second kappa shape index (κ2) is 8.08. The van der Waals surface area contributed by atoms with Crippen LogP contribution in [0, 0.1) is 24.7 Å². The van der Waals surface area contributed by atoms with Crippen LogP contribution < -0.4 is 4.74 Å². The maximum absolute atomic E-state index is 6.41. The Morgan fingerprint density at radius 2 is 1.56 bits per heavy atom. The molecule has 3 heteroatoms. The summed E-state index contributed by atoms with van der Waals surface area (Å²) in [6.07, 6.45) is 16.2. The predicted octanol–water partition coefficient (Wildman–Crippen LogP) is 4.42. The zero-order chi connectivity index (χ0) is 18.3. The molecule has 0 bridgehead atoms. The largest absolute Gasteiger partial charge is 0.497 e. The molecule has 3 nitrogen and oxygen atoms in total. The van der Waals surface area contributed by atoms with Crippen LogP contribution in [-0.2, 0) is 9.47 Å². The van der Waals surface area contributed by atoms with Crippen molar-refractivity contribution < 1.29 is 14.2 Å². The lowest BCUT2D eigenvalue weighted by Gasteiger charge is -2.40. The van der Waals surface area contributed by atoms with Crippen molar-refractivity contribution >= 4 is 0 Å². The molecule has 130 valence electrons. The van der Waals surface area contributed by atoms with Crippen molar-refractivity contribution in [2.75, 3.05) is 7.11 Å². The molecule has 1 aromatic rings. The van der Waals surface area contributed by atoms with Gasteiger partial charge in [-0.15, -0.1) is 37.8 Å². The van der Waals surface area contributed by atoms with Gasteiger partial charge in [-0.25, -0.2) is 0 Å². The molecule has 1 heterocycles. The van der Waals surface area contributed by atoms with Gasteiger partial charge in [0.1, 0.15) is 17.0 Å². The lowest BCUT2D eigenvalue weighted by molar-refractivity contribution is -0.0960. The van der Waals surface area contributed by atoms with Gasteiger partial charge in [-0.2, -0.15) is 0 Å². The molecule has 1 aliphatic rings. The molecule has 1 unspecified atom stereocenters. The lowest BCUT2D eigenvalue weighted by Crippen LogP contribution is -2.51. The maximum atomic E-state index is 6.41. The Bertz CT molecular complexity index is 661. The lowest BCUT2D eigenvalue weighted by atomic mass is 9.74. The van der Waals surface area contributed by atoms with Crippen LogP contribution in [0.5, 0.6) is 5.75 Å². The quantitative estimate of drug-likeness (QED) is 0.520. The summed E-state index contributed by atoms with van der Waals surface area (Å²) in [5.41, 5.74) is -0.599. The molecule has 1 aromatic carbocycles. The van der Waals surface area contributed by atoms with Gasteiger partial charge in [0.2, 0.25) is 0 Å². The number of terminal acetylenes is 2. The highest BCUT2D eigenvalue weighted by Gasteiger charge is 2.59. The van der Waals surface area contributed by atoms with Gasteiger partial charge in [-0.1, -0.05) is 24.3 Å². The highest BCUT2D eigenvalue weighted by molar-refractivity contribution is 5.29. The smallest absolute Gasteiger partial charge is 0.185 e. The van der Waals surface area contributed by atoms with E-state index in [1.165, 1.54) is 0 Å². The third-order valence-corrected chi connectivity index (χ3v) is 4.61. The fourth-order valence-electron chi connectivity index (χ4n) is 3.36. The molecule has 1 fully saturated rings. The fourth-order valence-corrected chi connectivity index (χ4v) is 3.36. The third-order valence-electron chi connectivity index (χ3n) is 4.61. The van der Waals surface area contributed by atoms with Crippen LogP contribution in [0.2, 0.25) is 0 Å². The number of ether oxygens (including phenoxy) is 3. The summed E-state index contributed by atoms with van der Waals surface area (Å²) in [7, 11) is 1.63. The summed E-state index contributed by atoms with van der Waals surface area (Å²) in [5, 5.41) is 0. The minimum atomic E-state index is -0.788. The topological polar surface area (TPSA) is 27.7 Å². The average Bonchev–Trinajstić information content (AvgIpc) is 2.90. The van der Waals surface area contributed by atoms with Crippen molar-refractivity contribution in [1.29, 1.82) is 0 Å². The first-order valence-electron chi connectivity index (χ1n) is 8.18. The van der Waals surface area contributed by atoms with Crippen LogP contribution in [0.25, 0.3) is 0 Å². The van der Waals surface area contributed by atoms with Crippen molar-refractivity contribution in [2.45, 2.75) is 43.2 Å². The minimum Gasteiger partial charge on any atom is -0.497 e. The summed E-state index contributed by atoms with van der Waals surface area (Å²) >= 11 is 0. The van der Waals surface area contributed by atoms with Crippen molar-refractivity contribution in [3.8, 4) is 30.4 Å². The molecule has 1 aliphatic heterocycles. The van der Waals surface area contributed by atoms with Crippen LogP contribution in [0.4, 0.5) is 0 Å². The molecule has 1 saturated heterocycles. The van der Waals surface area contributed by atoms with Gasteiger partial charge in [0.05, 0.1) is 7.11 Å². The van der Waals surface area contributed by atoms with Gasteiger partial charge < -0.3 is 14.2 Å². The van der Waals surface area contributed by atoms with Gasteiger partial charge in [0.15, 0.2) is 6.29 Å². The molecule has 0 aliphatic carbocycles. The zero-order valence-electron chi connectivity index (χ0n) is 14.7. The van der Waals surface area contributed by atoms with Gasteiger partial charge >= 0.3 is 0 Å². The first-order valence-corrected chi connectivity index (χ1v) is 8.18. The van der Waals surface area contributed by atoms with E-state index in [-0.39, 0.29) is 0 Å².